The number of hydrogen-bond acceptors (Lipinski definition) is 5. The van der Waals surface area contributed by atoms with E-state index in [0.717, 1.165) is 36.8 Å². The van der Waals surface area contributed by atoms with E-state index in [9.17, 15) is 4.79 Å². The number of benzene rings is 1. The molecule has 1 aromatic carbocycles. The monoisotopic (exact) mass is 380 g/mol. The summed E-state index contributed by atoms with van der Waals surface area (Å²) in [5.74, 6) is 1.87. The molecule has 6 nitrogen and oxygen atoms in total. The van der Waals surface area contributed by atoms with Crippen LogP contribution in [0.2, 0.25) is 0 Å². The van der Waals surface area contributed by atoms with Gasteiger partial charge in [-0.25, -0.2) is 9.97 Å². The first-order valence-corrected chi connectivity index (χ1v) is 9.99. The van der Waals surface area contributed by atoms with E-state index in [-0.39, 0.29) is 11.9 Å². The van der Waals surface area contributed by atoms with Gasteiger partial charge in [0.15, 0.2) is 0 Å². The van der Waals surface area contributed by atoms with Crippen molar-refractivity contribution in [2.24, 2.45) is 11.8 Å². The van der Waals surface area contributed by atoms with Crippen LogP contribution in [-0.2, 0) is 6.54 Å². The number of nitrogens with one attached hydrogen (secondary N) is 1. The Morgan fingerprint density at radius 1 is 1.18 bits per heavy atom. The molecule has 1 saturated carbocycles. The van der Waals surface area contributed by atoms with Gasteiger partial charge in [0, 0.05) is 25.7 Å². The van der Waals surface area contributed by atoms with Crippen molar-refractivity contribution in [3.05, 3.63) is 53.1 Å². The number of hydrogen-bond donors (Lipinski definition) is 1. The molecule has 148 valence electrons. The number of carbonyl (C=O) groups excluding carboxylic acids is 1. The standard InChI is InChI=1S/C22H28N4O2/c1-14-20(15(2)24-13-23-14)22(27)25-21-17-7-8-18(21)12-26(11-17)10-16-5-4-6-19(9-16)28-3/h4-6,9,13,17-18,21H,7-8,10-12H2,1-3H3,(H,25,27)/t17-,18+,21?. The molecular weight excluding hydrogens is 352 g/mol. The maximum Gasteiger partial charge on any atom is 0.255 e. The zero-order chi connectivity index (χ0) is 19.7. The second kappa shape index (κ2) is 7.87. The Bertz CT molecular complexity index is 835. The van der Waals surface area contributed by atoms with E-state index in [1.807, 2.05) is 26.0 Å². The molecule has 0 radical (unpaired) electrons. The first kappa shape index (κ1) is 18.9. The van der Waals surface area contributed by atoms with Gasteiger partial charge in [-0.3, -0.25) is 9.69 Å². The Morgan fingerprint density at radius 2 is 1.86 bits per heavy atom. The highest BCUT2D eigenvalue weighted by Gasteiger charge is 2.42. The van der Waals surface area contributed by atoms with Gasteiger partial charge in [-0.2, -0.15) is 0 Å². The first-order chi connectivity index (χ1) is 13.5. The van der Waals surface area contributed by atoms with E-state index in [4.69, 9.17) is 4.74 Å². The second-order valence-electron chi connectivity index (χ2n) is 8.06. The van der Waals surface area contributed by atoms with Gasteiger partial charge in [0.05, 0.1) is 24.1 Å². The fourth-order valence-electron chi connectivity index (χ4n) is 4.86. The van der Waals surface area contributed by atoms with Crippen LogP contribution in [0.3, 0.4) is 0 Å². The molecule has 0 spiro atoms. The predicted molar refractivity (Wildman–Crippen MR) is 107 cm³/mol. The molecule has 4 rings (SSSR count). The van der Waals surface area contributed by atoms with Crippen LogP contribution in [0.15, 0.2) is 30.6 Å². The van der Waals surface area contributed by atoms with Crippen LogP contribution in [0, 0.1) is 25.7 Å². The number of amides is 1. The summed E-state index contributed by atoms with van der Waals surface area (Å²) in [6.45, 7) is 6.70. The highest BCUT2D eigenvalue weighted by atomic mass is 16.5. The average molecular weight is 380 g/mol. The topological polar surface area (TPSA) is 67.3 Å². The van der Waals surface area contributed by atoms with Gasteiger partial charge in [-0.15, -0.1) is 0 Å². The van der Waals surface area contributed by atoms with E-state index >= 15 is 0 Å². The second-order valence-corrected chi connectivity index (χ2v) is 8.06. The lowest BCUT2D eigenvalue weighted by atomic mass is 9.91. The number of aryl methyl sites for hydroxylation is 2. The summed E-state index contributed by atoms with van der Waals surface area (Å²) in [4.78, 5) is 23.8. The molecule has 3 atom stereocenters. The van der Waals surface area contributed by atoms with Crippen molar-refractivity contribution in [2.75, 3.05) is 20.2 Å². The quantitative estimate of drug-likeness (QED) is 0.864. The van der Waals surface area contributed by atoms with Crippen LogP contribution < -0.4 is 10.1 Å². The number of methoxy groups -OCH3 is 1. The number of fused-ring (bicyclic) bond motifs is 2. The van der Waals surface area contributed by atoms with E-state index in [2.05, 4.69) is 32.3 Å². The van der Waals surface area contributed by atoms with E-state index in [1.54, 1.807) is 7.11 Å². The van der Waals surface area contributed by atoms with Crippen LogP contribution in [0.25, 0.3) is 0 Å². The van der Waals surface area contributed by atoms with Crippen LogP contribution in [-0.4, -0.2) is 47.0 Å². The predicted octanol–water partition coefficient (Wildman–Crippen LogP) is 2.74. The minimum atomic E-state index is -0.0289. The van der Waals surface area contributed by atoms with Gasteiger partial charge in [0.25, 0.3) is 5.91 Å². The number of piperidine rings is 1. The third-order valence-electron chi connectivity index (χ3n) is 6.20. The Balaban J connectivity index is 1.42. The van der Waals surface area contributed by atoms with Gasteiger partial charge >= 0.3 is 0 Å². The fourth-order valence-corrected chi connectivity index (χ4v) is 4.86. The van der Waals surface area contributed by atoms with Gasteiger partial charge in [0.2, 0.25) is 0 Å². The van der Waals surface area contributed by atoms with Crippen LogP contribution >= 0.6 is 0 Å². The molecule has 1 aliphatic carbocycles. The van der Waals surface area contributed by atoms with Gasteiger partial charge < -0.3 is 10.1 Å². The molecular formula is C22H28N4O2. The Hall–Kier alpha value is -2.47. The number of carbonyl (C=O) groups is 1. The molecule has 2 aromatic rings. The zero-order valence-corrected chi connectivity index (χ0v) is 16.8. The van der Waals surface area contributed by atoms with Crippen molar-refractivity contribution < 1.29 is 9.53 Å². The maximum absolute atomic E-state index is 12.9. The highest BCUT2D eigenvalue weighted by Crippen LogP contribution is 2.37. The molecule has 1 N–H and O–H groups in total. The lowest BCUT2D eigenvalue weighted by Crippen LogP contribution is -2.52. The molecule has 2 aliphatic rings. The van der Waals surface area contributed by atoms with Gasteiger partial charge in [-0.05, 0) is 56.2 Å². The largest absolute Gasteiger partial charge is 0.497 e. The van der Waals surface area contributed by atoms with Crippen molar-refractivity contribution >= 4 is 5.91 Å². The summed E-state index contributed by atoms with van der Waals surface area (Å²) in [6.07, 6.45) is 3.86. The van der Waals surface area contributed by atoms with E-state index in [0.29, 0.717) is 17.4 Å². The minimum absolute atomic E-state index is 0.0289. The third kappa shape index (κ3) is 3.74. The lowest BCUT2D eigenvalue weighted by molar-refractivity contribution is 0.0822. The van der Waals surface area contributed by atoms with Crippen molar-refractivity contribution in [2.45, 2.75) is 39.3 Å². The normalized spacial score (nSPS) is 24.2. The summed E-state index contributed by atoms with van der Waals surface area (Å²) in [5, 5.41) is 3.32. The van der Waals surface area contributed by atoms with Crippen LogP contribution in [0.5, 0.6) is 5.75 Å². The summed E-state index contributed by atoms with van der Waals surface area (Å²) in [6, 6.07) is 8.53. The zero-order valence-electron chi connectivity index (χ0n) is 16.8. The summed E-state index contributed by atoms with van der Waals surface area (Å²) in [7, 11) is 1.70. The average Bonchev–Trinajstić information content (AvgIpc) is 2.90. The van der Waals surface area contributed by atoms with Crippen molar-refractivity contribution in [1.29, 1.82) is 0 Å². The molecule has 2 bridgehead atoms. The molecule has 2 fully saturated rings. The SMILES string of the molecule is COc1cccc(CN2C[C@H]3CC[C@@H](C2)C3NC(=O)c2c(C)ncnc2C)c1. The fraction of sp³-hybridized carbons (Fsp3) is 0.500. The molecule has 28 heavy (non-hydrogen) atoms. The minimum Gasteiger partial charge on any atom is -0.497 e. The molecule has 1 amide bonds. The summed E-state index contributed by atoms with van der Waals surface area (Å²) < 4.78 is 5.34. The van der Waals surface area contributed by atoms with Gasteiger partial charge in [0.1, 0.15) is 12.1 Å². The highest BCUT2D eigenvalue weighted by molar-refractivity contribution is 5.96. The third-order valence-corrected chi connectivity index (χ3v) is 6.20. The molecule has 2 heterocycles. The van der Waals surface area contributed by atoms with E-state index < -0.39 is 0 Å². The molecule has 1 aromatic heterocycles. The van der Waals surface area contributed by atoms with Crippen LogP contribution in [0.1, 0.15) is 40.2 Å². The van der Waals surface area contributed by atoms with E-state index in [1.165, 1.54) is 24.7 Å². The number of aromatic nitrogens is 2. The maximum atomic E-state index is 12.9. The summed E-state index contributed by atoms with van der Waals surface area (Å²) >= 11 is 0. The van der Waals surface area contributed by atoms with Crippen molar-refractivity contribution in [3.63, 3.8) is 0 Å². The van der Waals surface area contributed by atoms with Crippen LogP contribution in [0.4, 0.5) is 0 Å². The Morgan fingerprint density at radius 3 is 2.50 bits per heavy atom. The molecule has 6 heteroatoms. The molecule has 1 aliphatic heterocycles. The number of likely N-dealkylation sites (tertiary alicyclic amines) is 1. The Kier molecular flexibility index (Phi) is 5.31. The summed E-state index contributed by atoms with van der Waals surface area (Å²) in [5.41, 5.74) is 3.38. The first-order valence-electron chi connectivity index (χ1n) is 9.99. The number of nitrogens with zero attached hydrogens (tertiary/aromatic N) is 3. The number of ether oxygens (including phenoxy) is 1. The molecule has 1 saturated heterocycles. The van der Waals surface area contributed by atoms with Crippen molar-refractivity contribution in [3.8, 4) is 5.75 Å². The smallest absolute Gasteiger partial charge is 0.255 e. The number of rotatable bonds is 5. The van der Waals surface area contributed by atoms with Crippen molar-refractivity contribution in [1.82, 2.24) is 20.2 Å². The Labute approximate surface area is 166 Å². The lowest BCUT2D eigenvalue weighted by Gasteiger charge is -2.38. The van der Waals surface area contributed by atoms with Gasteiger partial charge in [-0.1, -0.05) is 12.1 Å². The molecule has 1 unspecified atom stereocenters.